The summed E-state index contributed by atoms with van der Waals surface area (Å²) in [6.45, 7) is 3.03. The van der Waals surface area contributed by atoms with Gasteiger partial charge in [0, 0.05) is 57.5 Å². The summed E-state index contributed by atoms with van der Waals surface area (Å²) >= 11 is 0. The van der Waals surface area contributed by atoms with Crippen LogP contribution in [0.2, 0.25) is 0 Å². The molecule has 0 radical (unpaired) electrons. The van der Waals surface area contributed by atoms with Crippen molar-refractivity contribution >= 4 is 23.5 Å². The molecule has 6 aromatic rings. The van der Waals surface area contributed by atoms with E-state index in [1.165, 1.54) is 77.2 Å². The third-order valence-corrected chi connectivity index (χ3v) is 14.6. The second-order valence-corrected chi connectivity index (χ2v) is 18.3. The first kappa shape index (κ1) is 47.9. The topological polar surface area (TPSA) is 60.9 Å². The van der Waals surface area contributed by atoms with E-state index in [-0.39, 0.29) is 58.3 Å². The molecule has 68 heavy (non-hydrogen) atoms. The minimum absolute atomic E-state index is 0.0383. The number of allylic oxidation sites excluding steroid dienone is 1. The lowest BCUT2D eigenvalue weighted by atomic mass is 9.74. The van der Waals surface area contributed by atoms with Crippen molar-refractivity contribution in [3.8, 4) is 0 Å². The summed E-state index contributed by atoms with van der Waals surface area (Å²) in [4.78, 5) is 30.1. The van der Waals surface area contributed by atoms with Crippen LogP contribution in [0.3, 0.4) is 0 Å². The molecule has 2 aliphatic carbocycles. The summed E-state index contributed by atoms with van der Waals surface area (Å²) in [5, 5.41) is 7.00. The predicted octanol–water partition coefficient (Wildman–Crippen LogP) is 12.4. The van der Waals surface area contributed by atoms with Crippen LogP contribution in [-0.4, -0.2) is 60.0 Å². The summed E-state index contributed by atoms with van der Waals surface area (Å²) in [6.07, 6.45) is 13.9. The van der Waals surface area contributed by atoms with E-state index < -0.39 is 0 Å². The number of piperidine rings is 2. The van der Waals surface area contributed by atoms with Gasteiger partial charge in [0.05, 0.1) is 0 Å². The van der Waals surface area contributed by atoms with Gasteiger partial charge in [-0.25, -0.2) is 17.6 Å². The maximum absolute atomic E-state index is 13.5. The molecule has 2 amide bonds. The van der Waals surface area contributed by atoms with Crippen molar-refractivity contribution in [2.45, 2.75) is 74.5 Å². The lowest BCUT2D eigenvalue weighted by Gasteiger charge is -2.40. The van der Waals surface area contributed by atoms with Crippen LogP contribution in [0.1, 0.15) is 102 Å². The van der Waals surface area contributed by atoms with E-state index in [1.54, 1.807) is 48.5 Å². The Balaban J connectivity index is 0.000000177. The zero-order valence-corrected chi connectivity index (χ0v) is 38.5. The Labute approximate surface area is 397 Å². The molecule has 0 saturated carbocycles. The standard InChI is InChI=1S/C29H29F2NO.C29H25F2NO.CH4O/c2*30-24-9-5-21(6-10-24)26(22-7-11-25(31)12-8-22)13-14-28(33)32-19-17-29(18-20-32)16-15-23-3-1-2-4-27(23)29;1-2/h1-12,26H,13-20H2;1-13,15-16H,14,17-20H2;2H,1H3. The Kier molecular flexibility index (Phi) is 15.2. The molecule has 9 heteroatoms. The summed E-state index contributed by atoms with van der Waals surface area (Å²) < 4.78 is 53.8. The van der Waals surface area contributed by atoms with Crippen molar-refractivity contribution < 1.29 is 32.3 Å². The van der Waals surface area contributed by atoms with E-state index in [0.717, 1.165) is 80.1 Å². The van der Waals surface area contributed by atoms with E-state index >= 15 is 0 Å². The van der Waals surface area contributed by atoms with Crippen molar-refractivity contribution in [1.29, 1.82) is 0 Å². The summed E-state index contributed by atoms with van der Waals surface area (Å²) in [5.74, 6) is -1.05. The molecular formula is C59H58F4N2O3. The zero-order chi connectivity index (χ0) is 47.7. The maximum atomic E-state index is 13.5. The normalized spacial score (nSPS) is 16.0. The van der Waals surface area contributed by atoms with E-state index in [0.29, 0.717) is 25.9 Å². The van der Waals surface area contributed by atoms with Gasteiger partial charge in [0.15, 0.2) is 0 Å². The van der Waals surface area contributed by atoms with Gasteiger partial charge in [0.1, 0.15) is 23.3 Å². The number of likely N-dealkylation sites (tertiary alicyclic amines) is 2. The van der Waals surface area contributed by atoms with Crippen LogP contribution in [-0.2, 0) is 26.8 Å². The number of aliphatic hydroxyl groups is 1. The highest BCUT2D eigenvalue weighted by Gasteiger charge is 2.42. The molecule has 4 aliphatic rings. The van der Waals surface area contributed by atoms with Gasteiger partial charge >= 0.3 is 0 Å². The number of hydrogen-bond donors (Lipinski definition) is 1. The third kappa shape index (κ3) is 10.7. The Morgan fingerprint density at radius 3 is 1.60 bits per heavy atom. The van der Waals surface area contributed by atoms with Gasteiger partial charge in [0.2, 0.25) is 11.8 Å². The van der Waals surface area contributed by atoms with E-state index in [4.69, 9.17) is 5.11 Å². The zero-order valence-electron chi connectivity index (χ0n) is 38.5. The molecule has 6 aromatic carbocycles. The van der Waals surface area contributed by atoms with Crippen LogP contribution in [0.25, 0.3) is 11.6 Å². The number of nitrogens with zero attached hydrogens (tertiary/aromatic N) is 2. The number of carbonyl (C=O) groups excluding carboxylic acids is 2. The van der Waals surface area contributed by atoms with Gasteiger partial charge in [-0.05, 0) is 149 Å². The maximum Gasteiger partial charge on any atom is 0.226 e. The van der Waals surface area contributed by atoms with E-state index in [1.807, 2.05) is 15.9 Å². The summed E-state index contributed by atoms with van der Waals surface area (Å²) in [6, 6.07) is 42.4. The van der Waals surface area contributed by atoms with Crippen LogP contribution in [0.15, 0.2) is 158 Å². The Morgan fingerprint density at radius 2 is 1.04 bits per heavy atom. The highest BCUT2D eigenvalue weighted by Crippen LogP contribution is 2.47. The largest absolute Gasteiger partial charge is 0.400 e. The highest BCUT2D eigenvalue weighted by molar-refractivity contribution is 5.85. The summed E-state index contributed by atoms with van der Waals surface area (Å²) in [7, 11) is 1.00. The number of halogens is 4. The molecule has 0 unspecified atom stereocenters. The Bertz CT molecular complexity index is 2620. The molecule has 1 N–H and O–H groups in total. The van der Waals surface area contributed by atoms with Gasteiger partial charge in [0.25, 0.3) is 0 Å². The van der Waals surface area contributed by atoms with Crippen molar-refractivity contribution in [2.24, 2.45) is 0 Å². The average Bonchev–Trinajstić information content (AvgIpc) is 3.92. The lowest BCUT2D eigenvalue weighted by Crippen LogP contribution is -2.44. The molecule has 2 heterocycles. The average molecular weight is 919 g/mol. The van der Waals surface area contributed by atoms with Crippen molar-refractivity contribution in [1.82, 2.24) is 9.80 Å². The molecule has 2 fully saturated rings. The molecule has 0 aromatic heterocycles. The number of carbonyl (C=O) groups is 2. The number of hydrogen-bond acceptors (Lipinski definition) is 3. The first-order valence-electron chi connectivity index (χ1n) is 23.7. The SMILES string of the molecule is CO.O=C(CC=C(c1ccc(F)cc1)c1ccc(F)cc1)N1CCC2(C=Cc3ccccc32)CC1.O=C(CCC(c1ccc(F)cc1)c1ccc(F)cc1)N1CCC2(CCc3ccccc32)CC1. The van der Waals surface area contributed by atoms with E-state index in [9.17, 15) is 27.2 Å². The van der Waals surface area contributed by atoms with Gasteiger partial charge < -0.3 is 14.9 Å². The van der Waals surface area contributed by atoms with Gasteiger partial charge in [-0.15, -0.1) is 0 Å². The molecule has 0 atom stereocenters. The molecule has 2 spiro atoms. The fraction of sp³-hybridized carbons (Fsp3) is 0.288. The highest BCUT2D eigenvalue weighted by atomic mass is 19.1. The number of amides is 2. The molecule has 2 saturated heterocycles. The van der Waals surface area contributed by atoms with Gasteiger partial charge in [-0.1, -0.05) is 115 Å². The second-order valence-electron chi connectivity index (χ2n) is 18.3. The van der Waals surface area contributed by atoms with Gasteiger partial charge in [-0.2, -0.15) is 0 Å². The molecule has 10 rings (SSSR count). The van der Waals surface area contributed by atoms with Crippen LogP contribution in [0, 0.1) is 23.3 Å². The second kappa shape index (κ2) is 21.6. The van der Waals surface area contributed by atoms with Crippen LogP contribution < -0.4 is 0 Å². The lowest BCUT2D eigenvalue weighted by molar-refractivity contribution is -0.133. The molecule has 5 nitrogen and oxygen atoms in total. The van der Waals surface area contributed by atoms with Crippen molar-refractivity contribution in [3.63, 3.8) is 0 Å². The first-order chi connectivity index (χ1) is 33.1. The Morgan fingerprint density at radius 1 is 0.574 bits per heavy atom. The molecule has 350 valence electrons. The number of rotatable bonds is 9. The number of aryl methyl sites for hydroxylation is 1. The fourth-order valence-corrected chi connectivity index (χ4v) is 10.8. The monoisotopic (exact) mass is 918 g/mol. The smallest absolute Gasteiger partial charge is 0.226 e. The van der Waals surface area contributed by atoms with Crippen molar-refractivity contribution in [3.05, 3.63) is 226 Å². The predicted molar refractivity (Wildman–Crippen MR) is 262 cm³/mol. The minimum atomic E-state index is -0.321. The summed E-state index contributed by atoms with van der Waals surface area (Å²) in [5.41, 5.74) is 10.1. The van der Waals surface area contributed by atoms with Crippen molar-refractivity contribution in [2.75, 3.05) is 33.3 Å². The van der Waals surface area contributed by atoms with E-state index in [2.05, 4.69) is 60.7 Å². The molecular weight excluding hydrogens is 861 g/mol. The number of fused-ring (bicyclic) bond motifs is 4. The number of benzene rings is 6. The third-order valence-electron chi connectivity index (χ3n) is 14.6. The van der Waals surface area contributed by atoms with Gasteiger partial charge in [-0.3, -0.25) is 9.59 Å². The Hall–Kier alpha value is -6.58. The molecule has 2 aliphatic heterocycles. The van der Waals surface area contributed by atoms with Crippen LogP contribution in [0.4, 0.5) is 17.6 Å². The van der Waals surface area contributed by atoms with Crippen LogP contribution in [0.5, 0.6) is 0 Å². The first-order valence-corrected chi connectivity index (χ1v) is 23.7. The quantitative estimate of drug-likeness (QED) is 0.147. The minimum Gasteiger partial charge on any atom is -0.400 e. The number of aliphatic hydroxyl groups excluding tert-OH is 1. The molecule has 0 bridgehead atoms. The van der Waals surface area contributed by atoms with Crippen LogP contribution >= 0.6 is 0 Å². The fourth-order valence-electron chi connectivity index (χ4n) is 10.8.